The van der Waals surface area contributed by atoms with Crippen LogP contribution >= 0.6 is 0 Å². The van der Waals surface area contributed by atoms with Gasteiger partial charge in [-0.2, -0.15) is 23.4 Å². The Hall–Kier alpha value is -3.69. The molecule has 0 atom stereocenters. The number of anilines is 1. The number of fused-ring (bicyclic) bond motifs is 2. The normalized spacial score (nSPS) is 17.1. The molecule has 4 aromatic rings. The van der Waals surface area contributed by atoms with Crippen LogP contribution in [0.5, 0.6) is 0 Å². The fourth-order valence-electron chi connectivity index (χ4n) is 4.71. The Morgan fingerprint density at radius 1 is 1.09 bits per heavy atom. The van der Waals surface area contributed by atoms with Gasteiger partial charge in [-0.05, 0) is 55.4 Å². The van der Waals surface area contributed by atoms with Crippen LogP contribution in [0.25, 0.3) is 22.2 Å². The van der Waals surface area contributed by atoms with E-state index in [-0.39, 0.29) is 25.3 Å². The monoisotopic (exact) mass is 479 g/mol. The van der Waals surface area contributed by atoms with Crippen molar-refractivity contribution in [3.8, 4) is 11.1 Å². The molecule has 4 heterocycles. The number of hydrogen-bond donors (Lipinski definition) is 1. The van der Waals surface area contributed by atoms with Crippen molar-refractivity contribution in [2.75, 3.05) is 11.9 Å². The molecular formula is C25H24F3N7. The number of allylic oxidation sites excluding steroid dienone is 1. The molecule has 0 unspecified atom stereocenters. The highest BCUT2D eigenvalue weighted by molar-refractivity contribution is 5.86. The van der Waals surface area contributed by atoms with E-state index < -0.39 is 11.6 Å². The first-order valence-electron chi connectivity index (χ1n) is 11.7. The smallest absolute Gasteiger partial charge is 0.353 e. The summed E-state index contributed by atoms with van der Waals surface area (Å²) in [4.78, 5) is 9.01. The molecule has 7 nitrogen and oxygen atoms in total. The zero-order valence-electron chi connectivity index (χ0n) is 19.2. The molecule has 0 spiro atoms. The maximum absolute atomic E-state index is 13.3. The lowest BCUT2D eigenvalue weighted by atomic mass is 9.97. The first-order valence-corrected chi connectivity index (χ1v) is 11.7. The van der Waals surface area contributed by atoms with Crippen LogP contribution in [0.15, 0.2) is 49.2 Å². The number of alkyl halides is 3. The number of halogens is 3. The third-order valence-electron chi connectivity index (χ3n) is 7.01. The Kier molecular flexibility index (Phi) is 4.94. The van der Waals surface area contributed by atoms with Gasteiger partial charge in [0.15, 0.2) is 0 Å². The van der Waals surface area contributed by atoms with Gasteiger partial charge in [-0.25, -0.2) is 14.5 Å². The summed E-state index contributed by atoms with van der Waals surface area (Å²) >= 11 is 0. The summed E-state index contributed by atoms with van der Waals surface area (Å²) < 4.78 is 43.5. The van der Waals surface area contributed by atoms with Crippen molar-refractivity contribution in [1.29, 1.82) is 0 Å². The van der Waals surface area contributed by atoms with Gasteiger partial charge in [-0.3, -0.25) is 4.68 Å². The van der Waals surface area contributed by atoms with Gasteiger partial charge in [0.05, 0.1) is 29.0 Å². The minimum Gasteiger partial charge on any atom is -0.353 e. The Labute approximate surface area is 199 Å². The zero-order chi connectivity index (χ0) is 24.2. The topological polar surface area (TPSA) is 72.9 Å². The van der Waals surface area contributed by atoms with Crippen LogP contribution in [0, 0.1) is 5.41 Å². The predicted octanol–water partition coefficient (Wildman–Crippen LogP) is 5.05. The van der Waals surface area contributed by atoms with Gasteiger partial charge >= 0.3 is 6.18 Å². The standard InChI is InChI=1S/C25H24F3N7/c1-34-14-17(11-31-34)19-13-32-35-9-6-16(10-22(19)35)18-4-2-3-5-21-20(18)12-29-23(33-21)30-15-24(7-8-24)25(26,27)28/h4,6,9-14H,2-3,5,7-8,15H2,1H3,(H,29,30,33). The van der Waals surface area contributed by atoms with Gasteiger partial charge in [0.25, 0.3) is 0 Å². The van der Waals surface area contributed by atoms with Crippen molar-refractivity contribution in [3.05, 3.63) is 66.0 Å². The van der Waals surface area contributed by atoms with E-state index >= 15 is 0 Å². The molecule has 0 radical (unpaired) electrons. The van der Waals surface area contributed by atoms with Crippen LogP contribution in [-0.2, 0) is 13.5 Å². The quantitative estimate of drug-likeness (QED) is 0.434. The Balaban J connectivity index is 1.32. The molecule has 6 rings (SSSR count). The van der Waals surface area contributed by atoms with Gasteiger partial charge in [0.2, 0.25) is 5.95 Å². The largest absolute Gasteiger partial charge is 0.396 e. The van der Waals surface area contributed by atoms with Crippen LogP contribution in [0.4, 0.5) is 19.1 Å². The number of nitrogens with zero attached hydrogens (tertiary/aromatic N) is 6. The minimum atomic E-state index is -4.21. The molecular weight excluding hydrogens is 455 g/mol. The van der Waals surface area contributed by atoms with Crippen molar-refractivity contribution in [2.24, 2.45) is 12.5 Å². The predicted molar refractivity (Wildman–Crippen MR) is 126 cm³/mol. The average molecular weight is 480 g/mol. The number of hydrogen-bond acceptors (Lipinski definition) is 5. The summed E-state index contributed by atoms with van der Waals surface area (Å²) in [5, 5.41) is 11.6. The molecule has 35 heavy (non-hydrogen) atoms. The number of nitrogens with one attached hydrogen (secondary N) is 1. The zero-order valence-corrected chi connectivity index (χ0v) is 19.2. The van der Waals surface area contributed by atoms with Crippen LogP contribution < -0.4 is 5.32 Å². The molecule has 0 saturated heterocycles. The second-order valence-electron chi connectivity index (χ2n) is 9.40. The number of pyridine rings is 1. The third kappa shape index (κ3) is 3.86. The SMILES string of the molecule is Cn1cc(-c2cnn3ccc(C4=CCCCc5nc(NCC6(C(F)(F)F)CC6)ncc54)cc23)cn1. The maximum Gasteiger partial charge on any atom is 0.396 e. The van der Waals surface area contributed by atoms with Gasteiger partial charge in [-0.15, -0.1) is 0 Å². The highest BCUT2D eigenvalue weighted by Crippen LogP contribution is 2.57. The van der Waals surface area contributed by atoms with E-state index in [2.05, 4.69) is 37.6 Å². The van der Waals surface area contributed by atoms with Crippen LogP contribution in [-0.4, -0.2) is 42.1 Å². The van der Waals surface area contributed by atoms with Crippen molar-refractivity contribution in [2.45, 2.75) is 38.3 Å². The van der Waals surface area contributed by atoms with E-state index in [9.17, 15) is 13.2 Å². The van der Waals surface area contributed by atoms with Crippen LogP contribution in [0.3, 0.4) is 0 Å². The summed E-state index contributed by atoms with van der Waals surface area (Å²) in [5.41, 5.74) is 5.11. The van der Waals surface area contributed by atoms with Gasteiger partial charge < -0.3 is 5.32 Å². The fraction of sp³-hybridized carbons (Fsp3) is 0.360. The second-order valence-corrected chi connectivity index (χ2v) is 9.40. The summed E-state index contributed by atoms with van der Waals surface area (Å²) in [6.07, 6.45) is 10.1. The minimum absolute atomic E-state index is 0.152. The van der Waals surface area contributed by atoms with E-state index in [0.717, 1.165) is 58.3 Å². The Morgan fingerprint density at radius 3 is 2.69 bits per heavy atom. The summed E-state index contributed by atoms with van der Waals surface area (Å²) in [5.74, 6) is 0.255. The fourth-order valence-corrected chi connectivity index (χ4v) is 4.71. The highest BCUT2D eigenvalue weighted by Gasteiger charge is 2.62. The molecule has 10 heteroatoms. The molecule has 2 aliphatic carbocycles. The molecule has 1 N–H and O–H groups in total. The molecule has 1 fully saturated rings. The second kappa shape index (κ2) is 7.93. The van der Waals surface area contributed by atoms with Gasteiger partial charge in [0.1, 0.15) is 0 Å². The van der Waals surface area contributed by atoms with Crippen molar-refractivity contribution in [1.82, 2.24) is 29.4 Å². The molecule has 180 valence electrons. The first-order chi connectivity index (χ1) is 16.8. The van der Waals surface area contributed by atoms with Crippen molar-refractivity contribution < 1.29 is 13.2 Å². The molecule has 1 saturated carbocycles. The molecule has 0 amide bonds. The van der Waals surface area contributed by atoms with E-state index in [4.69, 9.17) is 0 Å². The highest BCUT2D eigenvalue weighted by atomic mass is 19.4. The molecule has 4 aromatic heterocycles. The van der Waals surface area contributed by atoms with E-state index in [1.54, 1.807) is 10.9 Å². The van der Waals surface area contributed by atoms with Crippen LogP contribution in [0.1, 0.15) is 42.5 Å². The number of aromatic nitrogens is 6. The lowest BCUT2D eigenvalue weighted by Crippen LogP contribution is -2.32. The number of rotatable bonds is 5. The molecule has 0 aromatic carbocycles. The van der Waals surface area contributed by atoms with E-state index in [1.807, 2.05) is 42.4 Å². The average Bonchev–Trinajstić information content (AvgIpc) is 3.43. The summed E-state index contributed by atoms with van der Waals surface area (Å²) in [6.45, 7) is -0.188. The van der Waals surface area contributed by atoms with E-state index in [0.29, 0.717) is 0 Å². The molecule has 2 aliphatic rings. The molecule has 0 bridgehead atoms. The summed E-state index contributed by atoms with van der Waals surface area (Å²) in [6, 6.07) is 4.11. The summed E-state index contributed by atoms with van der Waals surface area (Å²) in [7, 11) is 1.88. The third-order valence-corrected chi connectivity index (χ3v) is 7.01. The van der Waals surface area contributed by atoms with Crippen molar-refractivity contribution in [3.63, 3.8) is 0 Å². The van der Waals surface area contributed by atoms with Crippen molar-refractivity contribution >= 4 is 17.0 Å². The lowest BCUT2D eigenvalue weighted by Gasteiger charge is -2.20. The Morgan fingerprint density at radius 2 is 1.94 bits per heavy atom. The molecule has 0 aliphatic heterocycles. The van der Waals surface area contributed by atoms with Gasteiger partial charge in [0, 0.05) is 48.9 Å². The van der Waals surface area contributed by atoms with Crippen LogP contribution in [0.2, 0.25) is 0 Å². The number of aryl methyl sites for hydroxylation is 2. The van der Waals surface area contributed by atoms with E-state index in [1.165, 1.54) is 0 Å². The Bertz CT molecular complexity index is 1440. The lowest BCUT2D eigenvalue weighted by molar-refractivity contribution is -0.182. The maximum atomic E-state index is 13.3. The first kappa shape index (κ1) is 21.8. The van der Waals surface area contributed by atoms with Gasteiger partial charge in [-0.1, -0.05) is 6.08 Å².